The predicted octanol–water partition coefficient (Wildman–Crippen LogP) is 3.67. The monoisotopic (exact) mass is 525 g/mol. The third-order valence-electron chi connectivity index (χ3n) is 3.74. The first kappa shape index (κ1) is 17.8. The number of halogens is 2. The standard InChI is InChI=1S/C16H17I2NO3/c1-16(17,18)13-10-14(21)19(15(13)22)12-7-5-11(6-8-12)4-2-3-9-20/h5-9,13H,2-4,10H2,1H3. The van der Waals surface area contributed by atoms with Gasteiger partial charge in [0.05, 0.1) is 13.0 Å². The van der Waals surface area contributed by atoms with Crippen LogP contribution in [0.25, 0.3) is 0 Å². The molecule has 1 aliphatic heterocycles. The second kappa shape index (κ2) is 7.37. The third kappa shape index (κ3) is 4.06. The molecule has 0 aromatic heterocycles. The zero-order chi connectivity index (χ0) is 16.3. The molecular weight excluding hydrogens is 508 g/mol. The number of nitrogens with zero attached hydrogens (tertiary/aromatic N) is 1. The van der Waals surface area contributed by atoms with Gasteiger partial charge in [0.1, 0.15) is 6.29 Å². The molecule has 0 aliphatic carbocycles. The van der Waals surface area contributed by atoms with E-state index in [1.165, 1.54) is 4.90 Å². The van der Waals surface area contributed by atoms with Crippen molar-refractivity contribution in [3.05, 3.63) is 29.8 Å². The van der Waals surface area contributed by atoms with Crippen molar-refractivity contribution in [1.82, 2.24) is 0 Å². The number of anilines is 1. The Labute approximate surface area is 157 Å². The zero-order valence-electron chi connectivity index (χ0n) is 12.2. The molecular formula is C16H17I2NO3. The first-order valence-corrected chi connectivity index (χ1v) is 9.27. The number of unbranched alkanes of at least 4 members (excludes halogenated alkanes) is 1. The highest BCUT2D eigenvalue weighted by Gasteiger charge is 2.47. The van der Waals surface area contributed by atoms with Crippen LogP contribution in [0.2, 0.25) is 0 Å². The topological polar surface area (TPSA) is 54.5 Å². The van der Waals surface area contributed by atoms with Crippen LogP contribution in [0.5, 0.6) is 0 Å². The van der Waals surface area contributed by atoms with Crippen molar-refractivity contribution in [2.45, 2.75) is 34.0 Å². The molecule has 0 radical (unpaired) electrons. The van der Waals surface area contributed by atoms with Gasteiger partial charge in [0.25, 0.3) is 0 Å². The maximum absolute atomic E-state index is 12.5. The lowest BCUT2D eigenvalue weighted by Crippen LogP contribution is -2.34. The predicted molar refractivity (Wildman–Crippen MR) is 102 cm³/mol. The first-order chi connectivity index (χ1) is 10.3. The van der Waals surface area contributed by atoms with Crippen LogP contribution in [-0.2, 0) is 20.8 Å². The van der Waals surface area contributed by atoms with E-state index < -0.39 is 0 Å². The molecule has 1 unspecified atom stereocenters. The lowest BCUT2D eigenvalue weighted by atomic mass is 10.1. The molecule has 1 aliphatic rings. The summed E-state index contributed by atoms with van der Waals surface area (Å²) in [6, 6.07) is 7.46. The maximum Gasteiger partial charge on any atom is 0.239 e. The molecule has 1 fully saturated rings. The molecule has 0 bridgehead atoms. The third-order valence-corrected chi connectivity index (χ3v) is 5.24. The molecule has 4 nitrogen and oxygen atoms in total. The van der Waals surface area contributed by atoms with Gasteiger partial charge in [-0.1, -0.05) is 57.3 Å². The second-order valence-electron chi connectivity index (χ2n) is 5.51. The van der Waals surface area contributed by atoms with Crippen LogP contribution in [0, 0.1) is 5.92 Å². The van der Waals surface area contributed by atoms with Crippen LogP contribution < -0.4 is 4.90 Å². The fraction of sp³-hybridized carbons (Fsp3) is 0.438. The minimum Gasteiger partial charge on any atom is -0.303 e. The Bertz CT molecular complexity index is 578. The first-order valence-electron chi connectivity index (χ1n) is 7.12. The summed E-state index contributed by atoms with van der Waals surface area (Å²) in [7, 11) is 0. The van der Waals surface area contributed by atoms with Crippen LogP contribution in [-0.4, -0.2) is 19.5 Å². The highest BCUT2D eigenvalue weighted by Crippen LogP contribution is 2.42. The van der Waals surface area contributed by atoms with Gasteiger partial charge in [0, 0.05) is 12.8 Å². The maximum atomic E-state index is 12.5. The number of aryl methyl sites for hydroxylation is 1. The van der Waals surface area contributed by atoms with Crippen LogP contribution in [0.15, 0.2) is 24.3 Å². The van der Waals surface area contributed by atoms with Gasteiger partial charge in [-0.05, 0) is 37.5 Å². The summed E-state index contributed by atoms with van der Waals surface area (Å²) < 4.78 is -0.272. The molecule has 1 aromatic carbocycles. The summed E-state index contributed by atoms with van der Waals surface area (Å²) >= 11 is 4.43. The van der Waals surface area contributed by atoms with E-state index in [0.29, 0.717) is 12.1 Å². The van der Waals surface area contributed by atoms with Crippen molar-refractivity contribution >= 4 is 69.0 Å². The molecule has 0 spiro atoms. The van der Waals surface area contributed by atoms with Gasteiger partial charge in [-0.2, -0.15) is 0 Å². The van der Waals surface area contributed by atoms with Crippen molar-refractivity contribution < 1.29 is 14.4 Å². The average molecular weight is 525 g/mol. The summed E-state index contributed by atoms with van der Waals surface area (Å²) in [5.41, 5.74) is 1.74. The number of imide groups is 1. The molecule has 6 heteroatoms. The molecule has 1 heterocycles. The summed E-state index contributed by atoms with van der Waals surface area (Å²) in [5, 5.41) is 0. The number of amides is 2. The largest absolute Gasteiger partial charge is 0.303 e. The highest BCUT2D eigenvalue weighted by atomic mass is 127. The van der Waals surface area contributed by atoms with Gasteiger partial charge in [-0.25, -0.2) is 0 Å². The summed E-state index contributed by atoms with van der Waals surface area (Å²) in [6.45, 7) is 1.96. The molecule has 1 atom stereocenters. The molecule has 1 saturated heterocycles. The zero-order valence-corrected chi connectivity index (χ0v) is 16.5. The molecule has 2 amide bonds. The van der Waals surface area contributed by atoms with Crippen LogP contribution in [0.4, 0.5) is 5.69 Å². The Kier molecular flexibility index (Phi) is 5.98. The lowest BCUT2D eigenvalue weighted by Gasteiger charge is -2.21. The van der Waals surface area contributed by atoms with E-state index in [1.54, 1.807) is 0 Å². The molecule has 1 aromatic rings. The van der Waals surface area contributed by atoms with Gasteiger partial charge in [0.15, 0.2) is 0 Å². The fourth-order valence-corrected chi connectivity index (χ4v) is 3.47. The SMILES string of the molecule is CC(I)(I)C1CC(=O)N(c2ccc(CCCC=O)cc2)C1=O. The number of carbonyl (C=O) groups excluding carboxylic acids is 3. The van der Waals surface area contributed by atoms with Crippen LogP contribution >= 0.6 is 45.2 Å². The molecule has 0 saturated carbocycles. The highest BCUT2D eigenvalue weighted by molar-refractivity contribution is 14.2. The van der Waals surface area contributed by atoms with Gasteiger partial charge >= 0.3 is 0 Å². The number of benzene rings is 1. The number of hydrogen-bond donors (Lipinski definition) is 0. The Morgan fingerprint density at radius 1 is 1.27 bits per heavy atom. The summed E-state index contributed by atoms with van der Waals surface area (Å²) in [6.07, 6.45) is 3.37. The van der Waals surface area contributed by atoms with Crippen molar-refractivity contribution in [2.75, 3.05) is 4.90 Å². The molecule has 118 valence electrons. The average Bonchev–Trinajstić information content (AvgIpc) is 2.75. The van der Waals surface area contributed by atoms with Crippen molar-refractivity contribution in [3.63, 3.8) is 0 Å². The van der Waals surface area contributed by atoms with Gasteiger partial charge < -0.3 is 4.79 Å². The summed E-state index contributed by atoms with van der Waals surface area (Å²) in [5.74, 6) is -0.540. The van der Waals surface area contributed by atoms with E-state index in [2.05, 4.69) is 45.2 Å². The van der Waals surface area contributed by atoms with E-state index in [9.17, 15) is 14.4 Å². The van der Waals surface area contributed by atoms with Gasteiger partial charge in [-0.3, -0.25) is 14.5 Å². The van der Waals surface area contributed by atoms with Crippen LogP contribution in [0.1, 0.15) is 31.7 Å². The van der Waals surface area contributed by atoms with Crippen LogP contribution in [0.3, 0.4) is 0 Å². The minimum absolute atomic E-state index is 0.120. The van der Waals surface area contributed by atoms with Crippen molar-refractivity contribution in [3.8, 4) is 0 Å². The van der Waals surface area contributed by atoms with E-state index in [-0.39, 0.29) is 25.6 Å². The Morgan fingerprint density at radius 3 is 2.41 bits per heavy atom. The van der Waals surface area contributed by atoms with Crippen molar-refractivity contribution in [2.24, 2.45) is 5.92 Å². The quantitative estimate of drug-likeness (QED) is 0.187. The number of hydrogen-bond acceptors (Lipinski definition) is 3. The molecule has 0 N–H and O–H groups in total. The van der Waals surface area contributed by atoms with E-state index >= 15 is 0 Å². The fourth-order valence-electron chi connectivity index (χ4n) is 2.50. The molecule has 2 rings (SSSR count). The number of alkyl halides is 2. The van der Waals surface area contributed by atoms with Gasteiger partial charge in [-0.15, -0.1) is 0 Å². The Hall–Kier alpha value is -0.510. The smallest absolute Gasteiger partial charge is 0.239 e. The minimum atomic E-state index is -0.284. The normalized spacial score (nSPS) is 18.9. The van der Waals surface area contributed by atoms with Crippen molar-refractivity contribution in [1.29, 1.82) is 0 Å². The Morgan fingerprint density at radius 2 is 1.91 bits per heavy atom. The molecule has 22 heavy (non-hydrogen) atoms. The summed E-state index contributed by atoms with van der Waals surface area (Å²) in [4.78, 5) is 36.3. The number of rotatable bonds is 6. The lowest BCUT2D eigenvalue weighted by molar-refractivity contribution is -0.122. The van der Waals surface area contributed by atoms with E-state index in [0.717, 1.165) is 24.7 Å². The Balaban J connectivity index is 2.13. The number of aldehydes is 1. The van der Waals surface area contributed by atoms with Gasteiger partial charge in [0.2, 0.25) is 11.8 Å². The number of carbonyl (C=O) groups is 3. The van der Waals surface area contributed by atoms with E-state index in [4.69, 9.17) is 0 Å². The second-order valence-corrected chi connectivity index (χ2v) is 12.1. The van der Waals surface area contributed by atoms with E-state index in [1.807, 2.05) is 31.2 Å².